The van der Waals surface area contributed by atoms with Crippen LogP contribution in [0.4, 0.5) is 5.69 Å². The molecule has 0 aliphatic carbocycles. The molecular weight excluding hydrogens is 272 g/mol. The van der Waals surface area contributed by atoms with Crippen molar-refractivity contribution in [2.24, 2.45) is 4.99 Å². The molecule has 1 atom stereocenters. The molecule has 1 aliphatic rings. The molecule has 1 aliphatic heterocycles. The minimum absolute atomic E-state index is 0.239. The Bertz CT molecular complexity index is 470. The van der Waals surface area contributed by atoms with E-state index < -0.39 is 0 Å². The van der Waals surface area contributed by atoms with Gasteiger partial charge in [-0.1, -0.05) is 44.2 Å². The van der Waals surface area contributed by atoms with E-state index in [0.29, 0.717) is 10.9 Å². The third-order valence-electron chi connectivity index (χ3n) is 3.62. The number of amidine groups is 1. The van der Waals surface area contributed by atoms with Crippen LogP contribution in [0, 0.1) is 0 Å². The Kier molecular flexibility index (Phi) is 5.60. The first-order chi connectivity index (χ1) is 9.74. The van der Waals surface area contributed by atoms with Crippen LogP contribution in [0.15, 0.2) is 29.3 Å². The quantitative estimate of drug-likeness (QED) is 0.560. The van der Waals surface area contributed by atoms with Crippen LogP contribution < -0.4 is 4.90 Å². The predicted octanol–water partition coefficient (Wildman–Crippen LogP) is 4.10. The lowest BCUT2D eigenvalue weighted by molar-refractivity contribution is -0.102. The van der Waals surface area contributed by atoms with Gasteiger partial charge in [0.05, 0.1) is 6.04 Å². The number of benzene rings is 1. The third kappa shape index (κ3) is 3.83. The van der Waals surface area contributed by atoms with Gasteiger partial charge in [0.1, 0.15) is 0 Å². The Morgan fingerprint density at radius 2 is 2.05 bits per heavy atom. The van der Waals surface area contributed by atoms with Gasteiger partial charge in [0, 0.05) is 17.3 Å². The summed E-state index contributed by atoms with van der Waals surface area (Å²) in [5.74, 6) is 0.535. The van der Waals surface area contributed by atoms with Crippen molar-refractivity contribution in [1.82, 2.24) is 0 Å². The van der Waals surface area contributed by atoms with Crippen molar-refractivity contribution in [1.29, 1.82) is 0 Å². The lowest BCUT2D eigenvalue weighted by atomic mass is 10.1. The van der Waals surface area contributed by atoms with Crippen molar-refractivity contribution in [3.8, 4) is 0 Å². The molecule has 0 spiro atoms. The van der Waals surface area contributed by atoms with E-state index in [0.717, 1.165) is 24.9 Å². The molecular formula is C16H21ClN2O. The van der Waals surface area contributed by atoms with Crippen LogP contribution in [0.25, 0.3) is 0 Å². The Morgan fingerprint density at radius 3 is 2.70 bits per heavy atom. The number of rotatable bonds is 7. The van der Waals surface area contributed by atoms with E-state index in [9.17, 15) is 4.79 Å². The van der Waals surface area contributed by atoms with E-state index in [4.69, 9.17) is 11.6 Å². The van der Waals surface area contributed by atoms with E-state index in [1.807, 2.05) is 29.2 Å². The van der Waals surface area contributed by atoms with Crippen LogP contribution in [0.2, 0.25) is 5.02 Å². The van der Waals surface area contributed by atoms with E-state index in [-0.39, 0.29) is 6.04 Å². The second kappa shape index (κ2) is 7.44. The molecule has 20 heavy (non-hydrogen) atoms. The minimum Gasteiger partial charge on any atom is -0.322 e. The van der Waals surface area contributed by atoms with Crippen LogP contribution in [0.3, 0.4) is 0 Å². The summed E-state index contributed by atoms with van der Waals surface area (Å²) in [6, 6.07) is 7.78. The molecule has 4 heteroatoms. The Labute approximate surface area is 125 Å². The average Bonchev–Trinajstić information content (AvgIpc) is 2.88. The number of nitrogens with zero attached hydrogens (tertiary/aromatic N) is 2. The van der Waals surface area contributed by atoms with Crippen molar-refractivity contribution in [2.75, 3.05) is 11.4 Å². The number of aliphatic imine (C=N–C) groups is 1. The average molecular weight is 293 g/mol. The van der Waals surface area contributed by atoms with Crippen LogP contribution >= 0.6 is 11.6 Å². The number of aldehydes is 1. The molecule has 108 valence electrons. The molecule has 1 unspecified atom stereocenters. The highest BCUT2D eigenvalue weighted by molar-refractivity contribution is 6.34. The third-order valence-corrected chi connectivity index (χ3v) is 3.87. The molecule has 0 radical (unpaired) electrons. The van der Waals surface area contributed by atoms with Gasteiger partial charge >= 0.3 is 0 Å². The fraction of sp³-hybridized carbons (Fsp3) is 0.500. The summed E-state index contributed by atoms with van der Waals surface area (Å²) in [6.45, 7) is 3.00. The molecule has 1 heterocycles. The van der Waals surface area contributed by atoms with E-state index in [2.05, 4.69) is 11.9 Å². The largest absolute Gasteiger partial charge is 0.322 e. The number of unbranched alkanes of at least 4 members (excludes halogenated alkanes) is 3. The highest BCUT2D eigenvalue weighted by Gasteiger charge is 2.25. The Morgan fingerprint density at radius 1 is 1.30 bits per heavy atom. The Hall–Kier alpha value is -1.35. The molecule has 3 nitrogen and oxygen atoms in total. The van der Waals surface area contributed by atoms with Gasteiger partial charge in [-0.25, -0.2) is 0 Å². The molecule has 1 aromatic carbocycles. The zero-order valence-electron chi connectivity index (χ0n) is 11.9. The summed E-state index contributed by atoms with van der Waals surface area (Å²) in [5.41, 5.74) is 0.983. The molecule has 0 N–H and O–H groups in total. The normalized spacial score (nSPS) is 18.2. The van der Waals surface area contributed by atoms with Crippen LogP contribution in [0.5, 0.6) is 0 Å². The Balaban J connectivity index is 1.96. The zero-order valence-corrected chi connectivity index (χ0v) is 12.6. The maximum Gasteiger partial charge on any atom is 0.185 e. The van der Waals surface area contributed by atoms with Gasteiger partial charge in [-0.2, -0.15) is 0 Å². The van der Waals surface area contributed by atoms with Gasteiger partial charge in [-0.3, -0.25) is 9.79 Å². The lowest BCUT2D eigenvalue weighted by Crippen LogP contribution is -2.29. The molecule has 0 bridgehead atoms. The van der Waals surface area contributed by atoms with Gasteiger partial charge in [-0.05, 0) is 30.7 Å². The van der Waals surface area contributed by atoms with Gasteiger partial charge in [0.15, 0.2) is 12.1 Å². The monoisotopic (exact) mass is 292 g/mol. The maximum atomic E-state index is 11.2. The zero-order chi connectivity index (χ0) is 14.4. The topological polar surface area (TPSA) is 32.7 Å². The van der Waals surface area contributed by atoms with Gasteiger partial charge < -0.3 is 4.90 Å². The second-order valence-corrected chi connectivity index (χ2v) is 5.63. The molecule has 0 amide bonds. The van der Waals surface area contributed by atoms with Crippen molar-refractivity contribution in [2.45, 2.75) is 45.1 Å². The molecule has 0 fully saturated rings. The second-order valence-electron chi connectivity index (χ2n) is 5.20. The summed E-state index contributed by atoms with van der Waals surface area (Å²) in [6.07, 6.45) is 6.85. The summed E-state index contributed by atoms with van der Waals surface area (Å²) in [5, 5.41) is 0.702. The summed E-state index contributed by atoms with van der Waals surface area (Å²) in [4.78, 5) is 17.7. The first-order valence-electron chi connectivity index (χ1n) is 7.30. The number of hydrogen-bond donors (Lipinski definition) is 0. The fourth-order valence-electron chi connectivity index (χ4n) is 2.52. The minimum atomic E-state index is 0.239. The lowest BCUT2D eigenvalue weighted by Gasteiger charge is -2.18. The maximum absolute atomic E-state index is 11.2. The molecule has 1 aromatic rings. The van der Waals surface area contributed by atoms with E-state index >= 15 is 0 Å². The SMILES string of the molecule is CCCCCCC1CN(c2ccc(Cl)cc2)C(C=O)=N1. The number of carbonyl (C=O) groups is 1. The number of hydrogen-bond acceptors (Lipinski definition) is 3. The predicted molar refractivity (Wildman–Crippen MR) is 84.8 cm³/mol. The first-order valence-corrected chi connectivity index (χ1v) is 7.68. The number of halogens is 1. The fourth-order valence-corrected chi connectivity index (χ4v) is 2.64. The van der Waals surface area contributed by atoms with Crippen molar-refractivity contribution in [3.05, 3.63) is 29.3 Å². The standard InChI is InChI=1S/C16H21ClN2O/c1-2-3-4-5-6-14-11-19(16(12-20)18-14)15-9-7-13(17)8-10-15/h7-10,12,14H,2-6,11H2,1H3. The van der Waals surface area contributed by atoms with E-state index in [1.165, 1.54) is 25.7 Å². The summed E-state index contributed by atoms with van der Waals surface area (Å²) < 4.78 is 0. The van der Waals surface area contributed by atoms with Crippen molar-refractivity contribution in [3.63, 3.8) is 0 Å². The van der Waals surface area contributed by atoms with E-state index in [1.54, 1.807) is 0 Å². The summed E-state index contributed by atoms with van der Waals surface area (Å²) >= 11 is 5.90. The van der Waals surface area contributed by atoms with Crippen LogP contribution in [-0.2, 0) is 4.79 Å². The molecule has 0 saturated heterocycles. The first kappa shape index (κ1) is 15.0. The van der Waals surface area contributed by atoms with Crippen LogP contribution in [-0.4, -0.2) is 24.7 Å². The highest BCUT2D eigenvalue weighted by Crippen LogP contribution is 2.24. The van der Waals surface area contributed by atoms with Gasteiger partial charge in [-0.15, -0.1) is 0 Å². The van der Waals surface area contributed by atoms with Gasteiger partial charge in [0.2, 0.25) is 0 Å². The molecule has 2 rings (SSSR count). The number of carbonyl (C=O) groups excluding carboxylic acids is 1. The van der Waals surface area contributed by atoms with Crippen molar-refractivity contribution >= 4 is 29.4 Å². The molecule has 0 aromatic heterocycles. The smallest absolute Gasteiger partial charge is 0.185 e. The van der Waals surface area contributed by atoms with Gasteiger partial charge in [0.25, 0.3) is 0 Å². The van der Waals surface area contributed by atoms with Crippen LogP contribution in [0.1, 0.15) is 39.0 Å². The summed E-state index contributed by atoms with van der Waals surface area (Å²) in [7, 11) is 0. The van der Waals surface area contributed by atoms with Crippen molar-refractivity contribution < 1.29 is 4.79 Å². The number of anilines is 1. The highest BCUT2D eigenvalue weighted by atomic mass is 35.5. The molecule has 0 saturated carbocycles.